The van der Waals surface area contributed by atoms with Gasteiger partial charge in [0.15, 0.2) is 0 Å². The van der Waals surface area contributed by atoms with Crippen LogP contribution in [0.5, 0.6) is 0 Å². The van der Waals surface area contributed by atoms with E-state index in [1.165, 1.54) is 0 Å². The Kier molecular flexibility index (Phi) is 11.6. The summed E-state index contributed by atoms with van der Waals surface area (Å²) in [7, 11) is -1.07. The van der Waals surface area contributed by atoms with Crippen LogP contribution in [0, 0.1) is 23.8 Å². The summed E-state index contributed by atoms with van der Waals surface area (Å²) in [5.41, 5.74) is 3.21. The zero-order valence-corrected chi connectivity index (χ0v) is 11.9. The first kappa shape index (κ1) is 14.8. The Hall–Kier alpha value is 0.297. The Morgan fingerprint density at radius 1 is 1.17 bits per heavy atom. The van der Waals surface area contributed by atoms with Crippen molar-refractivity contribution >= 4 is 39.9 Å². The summed E-state index contributed by atoms with van der Waals surface area (Å²) in [6, 6.07) is 0. The third kappa shape index (κ3) is 22.4. The number of halogens is 2. The Bertz CT molecular complexity index is 187. The number of terminal acetylenes is 1. The van der Waals surface area contributed by atoms with E-state index in [1.54, 1.807) is 0 Å². The van der Waals surface area contributed by atoms with Gasteiger partial charge in [-0.3, -0.25) is 0 Å². The smallest absolute Gasteiger partial charge is 0.129 e. The third-order valence-corrected chi connectivity index (χ3v) is 2.14. The number of hydrogen-bond donors (Lipinski definition) is 0. The second kappa shape index (κ2) is 9.39. The molecule has 0 aromatic rings. The Morgan fingerprint density at radius 2 is 1.58 bits per heavy atom. The van der Waals surface area contributed by atoms with Gasteiger partial charge >= 0.3 is 0 Å². The molecule has 0 nitrogen and oxygen atoms in total. The van der Waals surface area contributed by atoms with Crippen LogP contribution in [-0.4, -0.2) is 18.7 Å². The van der Waals surface area contributed by atoms with E-state index < -0.39 is 8.07 Å². The minimum absolute atomic E-state index is 0.660. The van der Waals surface area contributed by atoms with Gasteiger partial charge in [0.05, 0.1) is 10.7 Å². The second-order valence-electron chi connectivity index (χ2n) is 3.02. The molecule has 0 bridgehead atoms. The highest BCUT2D eigenvalue weighted by Crippen LogP contribution is 1.95. The molecule has 3 heteroatoms. The summed E-state index contributed by atoms with van der Waals surface area (Å²) in [5.74, 6) is 5.36. The molecule has 0 aromatic carbocycles. The van der Waals surface area contributed by atoms with E-state index in [0.717, 1.165) is 5.33 Å². The van der Waals surface area contributed by atoms with Crippen molar-refractivity contribution in [3.8, 4) is 23.8 Å². The molecule has 0 saturated heterocycles. The monoisotopic (exact) mass is 308 g/mol. The number of alkyl halides is 2. The average molecular weight is 310 g/mol. The van der Waals surface area contributed by atoms with Crippen LogP contribution in [0.15, 0.2) is 0 Å². The molecule has 0 unspecified atom stereocenters. The van der Waals surface area contributed by atoms with E-state index in [0.29, 0.717) is 5.33 Å². The fraction of sp³-hybridized carbons (Fsp3) is 0.556. The molecule has 0 aromatic heterocycles. The van der Waals surface area contributed by atoms with Gasteiger partial charge in [0, 0.05) is 0 Å². The minimum atomic E-state index is -1.07. The molecule has 12 heavy (non-hydrogen) atoms. The molecular formula is C9H14Br2Si. The van der Waals surface area contributed by atoms with Crippen molar-refractivity contribution in [2.24, 2.45) is 0 Å². The SMILES string of the molecule is C#CCBr.C[Si](C)(C)C#CCBr. The van der Waals surface area contributed by atoms with E-state index in [4.69, 9.17) is 6.42 Å². The van der Waals surface area contributed by atoms with Crippen LogP contribution in [-0.2, 0) is 0 Å². The van der Waals surface area contributed by atoms with E-state index in [2.05, 4.69) is 68.9 Å². The van der Waals surface area contributed by atoms with E-state index in [9.17, 15) is 0 Å². The van der Waals surface area contributed by atoms with E-state index in [-0.39, 0.29) is 0 Å². The van der Waals surface area contributed by atoms with Crippen LogP contribution in [0.1, 0.15) is 0 Å². The standard InChI is InChI=1S/C6H11BrSi.C3H3Br/c1-8(2,3)6-4-5-7;1-2-3-4/h5H2,1-3H3;1H,3H2. The van der Waals surface area contributed by atoms with Crippen LogP contribution in [0.2, 0.25) is 19.6 Å². The lowest BCUT2D eigenvalue weighted by Gasteiger charge is -2.02. The number of hydrogen-bond acceptors (Lipinski definition) is 0. The van der Waals surface area contributed by atoms with Crippen molar-refractivity contribution in [3.05, 3.63) is 0 Å². The van der Waals surface area contributed by atoms with Gasteiger partial charge in [-0.2, -0.15) is 0 Å². The minimum Gasteiger partial charge on any atom is -0.131 e. The number of rotatable bonds is 0. The van der Waals surface area contributed by atoms with Gasteiger partial charge in [-0.1, -0.05) is 63.3 Å². The average Bonchev–Trinajstić information content (AvgIpc) is 2.00. The highest BCUT2D eigenvalue weighted by Gasteiger charge is 2.06. The molecular weight excluding hydrogens is 296 g/mol. The lowest BCUT2D eigenvalue weighted by atomic mass is 10.8. The van der Waals surface area contributed by atoms with Crippen molar-refractivity contribution in [3.63, 3.8) is 0 Å². The molecule has 0 spiro atoms. The van der Waals surface area contributed by atoms with Crippen LogP contribution < -0.4 is 0 Å². The third-order valence-electron chi connectivity index (χ3n) is 0.607. The molecule has 0 aliphatic carbocycles. The molecule has 68 valence electrons. The summed E-state index contributed by atoms with van der Waals surface area (Å²) in [6.45, 7) is 6.72. The topological polar surface area (TPSA) is 0 Å². The van der Waals surface area contributed by atoms with Gasteiger partial charge in [-0.25, -0.2) is 0 Å². The Labute approximate surface area is 93.8 Å². The largest absolute Gasteiger partial charge is 0.131 e. The zero-order chi connectivity index (χ0) is 10.0. The summed E-state index contributed by atoms with van der Waals surface area (Å²) in [6.07, 6.45) is 4.73. The van der Waals surface area contributed by atoms with Gasteiger partial charge in [0.2, 0.25) is 0 Å². The fourth-order valence-corrected chi connectivity index (χ4v) is 1.32. The predicted octanol–water partition coefficient (Wildman–Crippen LogP) is 3.28. The molecule has 0 N–H and O–H groups in total. The second-order valence-corrected chi connectivity index (χ2v) is 8.89. The Morgan fingerprint density at radius 3 is 1.67 bits per heavy atom. The molecule has 0 fully saturated rings. The predicted molar refractivity (Wildman–Crippen MR) is 67.5 cm³/mol. The van der Waals surface area contributed by atoms with E-state index >= 15 is 0 Å². The summed E-state index contributed by atoms with van der Waals surface area (Å²) in [5, 5.41) is 1.48. The quantitative estimate of drug-likeness (QED) is 0.366. The van der Waals surface area contributed by atoms with E-state index in [1.807, 2.05) is 0 Å². The summed E-state index contributed by atoms with van der Waals surface area (Å²) in [4.78, 5) is 0. The van der Waals surface area contributed by atoms with Crippen LogP contribution in [0.3, 0.4) is 0 Å². The summed E-state index contributed by atoms with van der Waals surface area (Å²) < 4.78 is 0. The van der Waals surface area contributed by atoms with Crippen molar-refractivity contribution in [1.82, 2.24) is 0 Å². The molecule has 0 rings (SSSR count). The Balaban J connectivity index is 0. The molecule has 0 heterocycles. The summed E-state index contributed by atoms with van der Waals surface area (Å²) >= 11 is 6.26. The van der Waals surface area contributed by atoms with Gasteiger partial charge in [-0.05, 0) is 0 Å². The van der Waals surface area contributed by atoms with Crippen LogP contribution in [0.25, 0.3) is 0 Å². The molecule has 0 amide bonds. The highest BCUT2D eigenvalue weighted by molar-refractivity contribution is 9.09. The maximum atomic E-state index is 4.73. The lowest BCUT2D eigenvalue weighted by Crippen LogP contribution is -2.16. The van der Waals surface area contributed by atoms with Gasteiger partial charge < -0.3 is 0 Å². The van der Waals surface area contributed by atoms with Crippen LogP contribution in [0.4, 0.5) is 0 Å². The van der Waals surface area contributed by atoms with Crippen molar-refractivity contribution < 1.29 is 0 Å². The van der Waals surface area contributed by atoms with Gasteiger partial charge in [-0.15, -0.1) is 12.0 Å². The molecule has 0 radical (unpaired) electrons. The highest BCUT2D eigenvalue weighted by atomic mass is 79.9. The first-order chi connectivity index (χ1) is 5.47. The molecule has 0 aliphatic heterocycles. The maximum absolute atomic E-state index is 4.73. The zero-order valence-electron chi connectivity index (χ0n) is 7.75. The normalized spacial score (nSPS) is 8.33. The van der Waals surface area contributed by atoms with Crippen molar-refractivity contribution in [2.45, 2.75) is 19.6 Å². The lowest BCUT2D eigenvalue weighted by molar-refractivity contribution is 1.80. The molecule has 0 saturated carbocycles. The first-order valence-electron chi connectivity index (χ1n) is 3.53. The fourth-order valence-electron chi connectivity index (χ4n) is 0.299. The van der Waals surface area contributed by atoms with Crippen molar-refractivity contribution in [1.29, 1.82) is 0 Å². The maximum Gasteiger partial charge on any atom is 0.129 e. The van der Waals surface area contributed by atoms with Gasteiger partial charge in [0.25, 0.3) is 0 Å². The molecule has 0 atom stereocenters. The van der Waals surface area contributed by atoms with Crippen molar-refractivity contribution in [2.75, 3.05) is 10.7 Å². The molecule has 0 aliphatic rings. The van der Waals surface area contributed by atoms with Gasteiger partial charge in [0.1, 0.15) is 8.07 Å². The first-order valence-corrected chi connectivity index (χ1v) is 9.27. The van der Waals surface area contributed by atoms with Crippen LogP contribution >= 0.6 is 31.9 Å².